The number of rotatable bonds is 4. The first kappa shape index (κ1) is 42.8. The van der Waals surface area contributed by atoms with Gasteiger partial charge < -0.3 is 33.9 Å². The number of methoxy groups -OCH3 is 2. The second-order valence-electron chi connectivity index (χ2n) is 14.5. The molecule has 4 aliphatic heterocycles. The maximum absolute atomic E-state index is 12.5. The number of aliphatic hydroxyl groups is 1. The van der Waals surface area contributed by atoms with Crippen molar-refractivity contribution in [1.82, 2.24) is 9.80 Å². The molecule has 8 atom stereocenters. The molecule has 4 fully saturated rings. The first-order valence-corrected chi connectivity index (χ1v) is 20.3. The van der Waals surface area contributed by atoms with E-state index in [2.05, 4.69) is 10.7 Å². The lowest BCUT2D eigenvalue weighted by Gasteiger charge is -2.42. The van der Waals surface area contributed by atoms with E-state index in [0.717, 1.165) is 18.9 Å². The van der Waals surface area contributed by atoms with Crippen molar-refractivity contribution in [1.29, 1.82) is 0 Å². The van der Waals surface area contributed by atoms with Crippen LogP contribution in [0.2, 0.25) is 0 Å². The Kier molecular flexibility index (Phi) is 14.2. The second-order valence-corrected chi connectivity index (χ2v) is 19.2. The van der Waals surface area contributed by atoms with Crippen molar-refractivity contribution in [3.8, 4) is 0 Å². The molecular weight excluding hydrogens is 712 g/mol. The van der Waals surface area contributed by atoms with Gasteiger partial charge in [-0.15, -0.1) is 0 Å². The van der Waals surface area contributed by atoms with Crippen LogP contribution in [0.1, 0.15) is 80.1 Å². The Labute approximate surface area is 293 Å². The number of hydrogen-bond donors (Lipinski definition) is 1. The van der Waals surface area contributed by atoms with E-state index in [-0.39, 0.29) is 24.5 Å². The third kappa shape index (κ3) is 12.7. The fourth-order valence-corrected chi connectivity index (χ4v) is 7.40. The molecule has 0 aromatic carbocycles. The van der Waals surface area contributed by atoms with Crippen LogP contribution in [0, 0.1) is 11.8 Å². The van der Waals surface area contributed by atoms with E-state index >= 15 is 0 Å². The van der Waals surface area contributed by atoms with Crippen molar-refractivity contribution in [3.63, 3.8) is 0 Å². The van der Waals surface area contributed by atoms with Gasteiger partial charge in [-0.2, -0.15) is 8.42 Å². The summed E-state index contributed by atoms with van der Waals surface area (Å²) < 4.78 is 67.4. The van der Waals surface area contributed by atoms with E-state index in [1.165, 1.54) is 14.2 Å². The highest BCUT2D eigenvalue weighted by Gasteiger charge is 2.55. The van der Waals surface area contributed by atoms with Crippen molar-refractivity contribution >= 4 is 54.0 Å². The summed E-state index contributed by atoms with van der Waals surface area (Å²) in [6.45, 7) is 10.7. The molecular formula is C30H51ClN2O14S2. The van der Waals surface area contributed by atoms with Gasteiger partial charge in [-0.1, -0.05) is 0 Å². The number of aliphatic hydroxyl groups excluding tert-OH is 1. The van der Waals surface area contributed by atoms with Gasteiger partial charge in [-0.05, 0) is 80.1 Å². The molecule has 16 nitrogen and oxygen atoms in total. The maximum atomic E-state index is 12.5. The number of carbonyl (C=O) groups excluding carboxylic acids is 4. The molecule has 4 rings (SSSR count). The summed E-state index contributed by atoms with van der Waals surface area (Å²) in [5, 5.41) is 10.1. The van der Waals surface area contributed by atoms with E-state index in [9.17, 15) is 41.1 Å². The van der Waals surface area contributed by atoms with Crippen LogP contribution in [0.25, 0.3) is 0 Å². The Morgan fingerprint density at radius 2 is 1.06 bits per heavy atom. The summed E-state index contributed by atoms with van der Waals surface area (Å²) in [7, 11) is 0.116. The number of nitrogens with zero attached hydrogens (tertiary/aromatic N) is 2. The highest BCUT2D eigenvalue weighted by Crippen LogP contribution is 2.43. The molecule has 0 aromatic heterocycles. The monoisotopic (exact) mass is 762 g/mol. The number of amides is 2. The van der Waals surface area contributed by atoms with Crippen molar-refractivity contribution < 1.29 is 64.3 Å². The van der Waals surface area contributed by atoms with Crippen LogP contribution < -0.4 is 0 Å². The van der Waals surface area contributed by atoms with Crippen LogP contribution in [0.15, 0.2) is 0 Å². The Hall–Kier alpha value is -2.41. The highest BCUT2D eigenvalue weighted by atomic mass is 35.7. The average Bonchev–Trinajstić information content (AvgIpc) is 3.39. The smallest absolute Gasteiger partial charge is 0.410 e. The molecule has 8 unspecified atom stereocenters. The molecule has 0 aliphatic carbocycles. The van der Waals surface area contributed by atoms with Crippen LogP contribution in [0.4, 0.5) is 9.59 Å². The molecule has 0 aromatic rings. The van der Waals surface area contributed by atoms with E-state index in [1.54, 1.807) is 30.6 Å². The fraction of sp³-hybridized carbons (Fsp3) is 0.867. The zero-order chi connectivity index (χ0) is 37.9. The molecule has 4 aliphatic rings. The minimum Gasteiger partial charge on any atom is -0.469 e. The molecule has 4 saturated heterocycles. The molecule has 0 spiro atoms. The summed E-state index contributed by atoms with van der Waals surface area (Å²) in [5.41, 5.74) is -1.23. The fourth-order valence-electron chi connectivity index (χ4n) is 6.75. The standard InChI is InChI=1S/C15H25NO7S.C14H23NO5.CH3ClO2S/c1-15(2,3)22-14(18)16-9-6-7-10(16)12(13(17)21-4)11(8-9)23-24(5,19)20;1-14(2,3)20-13(18)15-8-5-6-9(15)11(10(16)7-8)12(17)19-4;1-5(2,3)4/h9-12H,6-8H2,1-5H3;8-11,16H,5-7H2,1-4H3;1H3. The third-order valence-electron chi connectivity index (χ3n) is 8.21. The van der Waals surface area contributed by atoms with Crippen LogP contribution in [-0.4, -0.2) is 130 Å². The van der Waals surface area contributed by atoms with E-state index < -0.39 is 84.6 Å². The van der Waals surface area contributed by atoms with E-state index in [4.69, 9.17) is 23.1 Å². The zero-order valence-corrected chi connectivity index (χ0v) is 32.1. The predicted octanol–water partition coefficient (Wildman–Crippen LogP) is 2.79. The topological polar surface area (TPSA) is 209 Å². The molecule has 0 saturated carbocycles. The molecule has 1 N–H and O–H groups in total. The van der Waals surface area contributed by atoms with Crippen molar-refractivity contribution in [3.05, 3.63) is 0 Å². The summed E-state index contributed by atoms with van der Waals surface area (Å²) in [4.78, 5) is 52.1. The Balaban J connectivity index is 0.000000303. The normalized spacial score (nSPS) is 29.4. The van der Waals surface area contributed by atoms with Gasteiger partial charge in [0.15, 0.2) is 0 Å². The molecule has 0 radical (unpaired) electrons. The quantitative estimate of drug-likeness (QED) is 0.189. The van der Waals surface area contributed by atoms with Crippen LogP contribution in [0.3, 0.4) is 0 Å². The van der Waals surface area contributed by atoms with Gasteiger partial charge in [0.25, 0.3) is 10.1 Å². The van der Waals surface area contributed by atoms with E-state index in [1.807, 2.05) is 20.8 Å². The molecule has 19 heteroatoms. The minimum atomic E-state index is -3.73. The summed E-state index contributed by atoms with van der Waals surface area (Å²) in [6, 6.07) is -1.08. The number of carbonyl (C=O) groups is 4. The highest BCUT2D eigenvalue weighted by molar-refractivity contribution is 8.13. The van der Waals surface area contributed by atoms with Crippen LogP contribution >= 0.6 is 10.7 Å². The van der Waals surface area contributed by atoms with Gasteiger partial charge in [0.2, 0.25) is 9.05 Å². The molecule has 4 bridgehead atoms. The van der Waals surface area contributed by atoms with Gasteiger partial charge in [-0.25, -0.2) is 18.0 Å². The molecule has 49 heavy (non-hydrogen) atoms. The number of fused-ring (bicyclic) bond motifs is 4. The number of halogens is 1. The predicted molar refractivity (Wildman–Crippen MR) is 176 cm³/mol. The number of esters is 2. The second kappa shape index (κ2) is 16.3. The lowest BCUT2D eigenvalue weighted by molar-refractivity contribution is -0.156. The Morgan fingerprint density at radius 1 is 0.694 bits per heavy atom. The zero-order valence-electron chi connectivity index (χ0n) is 29.7. The van der Waals surface area contributed by atoms with Gasteiger partial charge in [0.1, 0.15) is 23.0 Å². The van der Waals surface area contributed by atoms with Gasteiger partial charge in [0.05, 0.1) is 51.0 Å². The number of ether oxygens (including phenoxy) is 4. The lowest BCUT2D eigenvalue weighted by Crippen LogP contribution is -2.57. The molecule has 2 amide bonds. The first-order valence-electron chi connectivity index (χ1n) is 15.8. The Bertz CT molecular complexity index is 1420. The number of piperidine rings is 2. The van der Waals surface area contributed by atoms with Gasteiger partial charge in [0, 0.05) is 22.8 Å². The molecule has 284 valence electrons. The molecule has 4 heterocycles. The van der Waals surface area contributed by atoms with Crippen LogP contribution in [-0.2, 0) is 51.9 Å². The average molecular weight is 763 g/mol. The van der Waals surface area contributed by atoms with Crippen molar-refractivity contribution in [2.24, 2.45) is 11.8 Å². The first-order chi connectivity index (χ1) is 22.2. The number of hydrogen-bond acceptors (Lipinski definition) is 14. The summed E-state index contributed by atoms with van der Waals surface area (Å²) >= 11 is 0. The third-order valence-corrected chi connectivity index (χ3v) is 8.81. The maximum Gasteiger partial charge on any atom is 0.410 e. The van der Waals surface area contributed by atoms with Gasteiger partial charge >= 0.3 is 24.1 Å². The largest absolute Gasteiger partial charge is 0.469 e. The van der Waals surface area contributed by atoms with E-state index in [0.29, 0.717) is 25.7 Å². The summed E-state index contributed by atoms with van der Waals surface area (Å²) in [5.74, 6) is -2.57. The Morgan fingerprint density at radius 3 is 1.43 bits per heavy atom. The van der Waals surface area contributed by atoms with Crippen molar-refractivity contribution in [2.75, 3.05) is 26.7 Å². The van der Waals surface area contributed by atoms with Gasteiger partial charge in [-0.3, -0.25) is 13.8 Å². The lowest BCUT2D eigenvalue weighted by atomic mass is 9.87. The van der Waals surface area contributed by atoms with Crippen LogP contribution in [0.5, 0.6) is 0 Å². The van der Waals surface area contributed by atoms with Crippen molar-refractivity contribution in [2.45, 2.75) is 128 Å². The SMILES string of the molecule is COC(=O)C1C(O)CC2CCC1N2C(=O)OC(C)(C)C.COC(=O)C1C(OS(C)(=O)=O)CC2CCC1N2C(=O)OC(C)(C)C.CS(=O)(=O)Cl. The minimum absolute atomic E-state index is 0.0502. The summed E-state index contributed by atoms with van der Waals surface area (Å²) in [6.07, 6.45) is 2.76.